The number of rotatable bonds is 30. The first-order valence-electron chi connectivity index (χ1n) is 15.8. The molecule has 0 unspecified atom stereocenters. The second kappa shape index (κ2) is 28.4. The standard InChI is InChI=1S/C30H63N9/c31-10-7-19-34-13-1-4-16-37-25-28-22-29(26-38-17-5-2-14-35-20-8-11-32)24-30(23-28)27-39-18-6-3-15-36-21-9-12-33/h22-24,34-39H,1-21,25-27,31-33H2. The highest BCUT2D eigenvalue weighted by molar-refractivity contribution is 5.30. The van der Waals surface area contributed by atoms with Crippen LogP contribution in [0.2, 0.25) is 0 Å². The third kappa shape index (κ3) is 23.3. The molecular formula is C30H63N9. The van der Waals surface area contributed by atoms with Crippen molar-refractivity contribution < 1.29 is 0 Å². The van der Waals surface area contributed by atoms with Crippen molar-refractivity contribution in [1.82, 2.24) is 31.9 Å². The molecule has 0 fully saturated rings. The van der Waals surface area contributed by atoms with Gasteiger partial charge in [-0.3, -0.25) is 0 Å². The van der Waals surface area contributed by atoms with Gasteiger partial charge in [0.2, 0.25) is 0 Å². The molecular weight excluding hydrogens is 486 g/mol. The number of hydrogen-bond acceptors (Lipinski definition) is 9. The van der Waals surface area contributed by atoms with E-state index in [0.717, 1.165) is 117 Å². The lowest BCUT2D eigenvalue weighted by atomic mass is 10.0. The van der Waals surface area contributed by atoms with Crippen molar-refractivity contribution in [3.63, 3.8) is 0 Å². The van der Waals surface area contributed by atoms with E-state index in [0.29, 0.717) is 0 Å². The van der Waals surface area contributed by atoms with E-state index in [1.54, 1.807) is 0 Å². The van der Waals surface area contributed by atoms with Crippen molar-refractivity contribution in [2.45, 2.75) is 77.4 Å². The van der Waals surface area contributed by atoms with Crippen molar-refractivity contribution >= 4 is 0 Å². The minimum atomic E-state index is 0.765. The highest BCUT2D eigenvalue weighted by atomic mass is 14.9. The lowest BCUT2D eigenvalue weighted by molar-refractivity contribution is 0.570. The van der Waals surface area contributed by atoms with Crippen LogP contribution in [-0.4, -0.2) is 78.5 Å². The largest absolute Gasteiger partial charge is 0.330 e. The normalized spacial score (nSPS) is 11.5. The first-order valence-corrected chi connectivity index (χ1v) is 15.8. The third-order valence-corrected chi connectivity index (χ3v) is 6.64. The van der Waals surface area contributed by atoms with Gasteiger partial charge in [-0.25, -0.2) is 0 Å². The van der Waals surface area contributed by atoms with Crippen LogP contribution in [-0.2, 0) is 19.6 Å². The van der Waals surface area contributed by atoms with Gasteiger partial charge in [0.15, 0.2) is 0 Å². The Labute approximate surface area is 240 Å². The molecule has 12 N–H and O–H groups in total. The summed E-state index contributed by atoms with van der Waals surface area (Å²) in [5.74, 6) is 0. The van der Waals surface area contributed by atoms with Crippen molar-refractivity contribution in [3.8, 4) is 0 Å². The molecule has 0 radical (unpaired) electrons. The fraction of sp³-hybridized carbons (Fsp3) is 0.800. The van der Waals surface area contributed by atoms with Crippen molar-refractivity contribution in [3.05, 3.63) is 34.9 Å². The molecule has 228 valence electrons. The number of hydrogen-bond donors (Lipinski definition) is 9. The van der Waals surface area contributed by atoms with Gasteiger partial charge in [0.05, 0.1) is 0 Å². The van der Waals surface area contributed by atoms with E-state index >= 15 is 0 Å². The van der Waals surface area contributed by atoms with Crippen molar-refractivity contribution in [2.75, 3.05) is 78.5 Å². The van der Waals surface area contributed by atoms with Gasteiger partial charge in [-0.2, -0.15) is 0 Å². The van der Waals surface area contributed by atoms with Crippen LogP contribution in [0.25, 0.3) is 0 Å². The van der Waals surface area contributed by atoms with E-state index in [1.165, 1.54) is 55.2 Å². The van der Waals surface area contributed by atoms with E-state index < -0.39 is 0 Å². The Hall–Kier alpha value is -1.14. The maximum atomic E-state index is 5.55. The molecule has 9 heteroatoms. The minimum absolute atomic E-state index is 0.765. The molecule has 1 aromatic carbocycles. The fourth-order valence-electron chi connectivity index (χ4n) is 4.40. The van der Waals surface area contributed by atoms with Crippen LogP contribution >= 0.6 is 0 Å². The van der Waals surface area contributed by atoms with Crippen LogP contribution in [0.15, 0.2) is 18.2 Å². The second-order valence-electron chi connectivity index (χ2n) is 10.5. The number of unbranched alkanes of at least 4 members (excludes halogenated alkanes) is 3. The van der Waals surface area contributed by atoms with Gasteiger partial charge in [-0.05, 0) is 153 Å². The minimum Gasteiger partial charge on any atom is -0.330 e. The molecule has 0 aliphatic rings. The summed E-state index contributed by atoms with van der Waals surface area (Å²) in [6.45, 7) is 14.5. The van der Waals surface area contributed by atoms with E-state index in [-0.39, 0.29) is 0 Å². The molecule has 0 bridgehead atoms. The molecule has 9 nitrogen and oxygen atoms in total. The van der Waals surface area contributed by atoms with E-state index in [2.05, 4.69) is 50.1 Å². The Balaban J connectivity index is 2.38. The molecule has 1 rings (SSSR count). The van der Waals surface area contributed by atoms with Crippen molar-refractivity contribution in [1.29, 1.82) is 0 Å². The van der Waals surface area contributed by atoms with Crippen LogP contribution < -0.4 is 49.1 Å². The zero-order chi connectivity index (χ0) is 28.1. The quantitative estimate of drug-likeness (QED) is 0.0643. The van der Waals surface area contributed by atoms with Gasteiger partial charge in [0.25, 0.3) is 0 Å². The van der Waals surface area contributed by atoms with E-state index in [9.17, 15) is 0 Å². The monoisotopic (exact) mass is 550 g/mol. The maximum Gasteiger partial charge on any atom is 0.0205 e. The Kier molecular flexibility index (Phi) is 26.1. The number of benzene rings is 1. The van der Waals surface area contributed by atoms with Gasteiger partial charge < -0.3 is 49.1 Å². The number of nitrogens with one attached hydrogen (secondary N) is 6. The predicted octanol–water partition coefficient (Wildman–Crippen LogP) is 1.11. The van der Waals surface area contributed by atoms with Crippen LogP contribution in [0.3, 0.4) is 0 Å². The molecule has 0 saturated heterocycles. The number of nitrogens with two attached hydrogens (primary N) is 3. The van der Waals surface area contributed by atoms with Gasteiger partial charge in [-0.1, -0.05) is 18.2 Å². The van der Waals surface area contributed by atoms with E-state index in [4.69, 9.17) is 17.2 Å². The molecule has 0 heterocycles. The highest BCUT2D eigenvalue weighted by Crippen LogP contribution is 2.11. The lowest BCUT2D eigenvalue weighted by Gasteiger charge is -2.13. The van der Waals surface area contributed by atoms with Crippen LogP contribution in [0.1, 0.15) is 74.5 Å². The molecule has 1 aromatic rings. The van der Waals surface area contributed by atoms with Crippen LogP contribution in [0, 0.1) is 0 Å². The summed E-state index contributed by atoms with van der Waals surface area (Å²) in [6.07, 6.45) is 10.3. The first-order chi connectivity index (χ1) is 19.3. The molecule has 0 atom stereocenters. The smallest absolute Gasteiger partial charge is 0.0205 e. The second-order valence-corrected chi connectivity index (χ2v) is 10.5. The van der Waals surface area contributed by atoms with E-state index in [1.807, 2.05) is 0 Å². The van der Waals surface area contributed by atoms with Crippen molar-refractivity contribution in [2.24, 2.45) is 17.2 Å². The summed E-state index contributed by atoms with van der Waals surface area (Å²) in [7, 11) is 0. The summed E-state index contributed by atoms with van der Waals surface area (Å²) in [5.41, 5.74) is 20.8. The van der Waals surface area contributed by atoms with Gasteiger partial charge >= 0.3 is 0 Å². The average Bonchev–Trinajstić information content (AvgIpc) is 2.94. The molecule has 0 aliphatic carbocycles. The summed E-state index contributed by atoms with van der Waals surface area (Å²) >= 11 is 0. The zero-order valence-corrected chi connectivity index (χ0v) is 24.9. The summed E-state index contributed by atoms with van der Waals surface area (Å²) in [4.78, 5) is 0. The Morgan fingerprint density at radius 3 is 0.821 bits per heavy atom. The molecule has 39 heavy (non-hydrogen) atoms. The lowest BCUT2D eigenvalue weighted by Crippen LogP contribution is -2.22. The topological polar surface area (TPSA) is 150 Å². The van der Waals surface area contributed by atoms with Gasteiger partial charge in [0, 0.05) is 19.6 Å². The molecule has 0 saturated carbocycles. The summed E-state index contributed by atoms with van der Waals surface area (Å²) in [6, 6.07) is 7.08. The SMILES string of the molecule is NCCCNCCCCNCc1cc(CNCCCCNCCCN)cc(CNCCCCNCCCN)c1. The molecule has 0 aromatic heterocycles. The predicted molar refractivity (Wildman–Crippen MR) is 169 cm³/mol. The first kappa shape index (κ1) is 35.9. The molecule has 0 spiro atoms. The fourth-order valence-corrected chi connectivity index (χ4v) is 4.40. The Morgan fingerprint density at radius 1 is 0.333 bits per heavy atom. The highest BCUT2D eigenvalue weighted by Gasteiger charge is 2.03. The zero-order valence-electron chi connectivity index (χ0n) is 24.9. The molecule has 0 aliphatic heterocycles. The van der Waals surface area contributed by atoms with Gasteiger partial charge in [0.1, 0.15) is 0 Å². The average molecular weight is 550 g/mol. The summed E-state index contributed by atoms with van der Waals surface area (Å²) in [5, 5.41) is 21.3. The Morgan fingerprint density at radius 2 is 0.564 bits per heavy atom. The van der Waals surface area contributed by atoms with Gasteiger partial charge in [-0.15, -0.1) is 0 Å². The molecule has 0 amide bonds. The third-order valence-electron chi connectivity index (χ3n) is 6.64. The summed E-state index contributed by atoms with van der Waals surface area (Å²) < 4.78 is 0. The van der Waals surface area contributed by atoms with Crippen LogP contribution in [0.5, 0.6) is 0 Å². The van der Waals surface area contributed by atoms with Crippen LogP contribution in [0.4, 0.5) is 0 Å². The Bertz CT molecular complexity index is 547. The maximum absolute atomic E-state index is 5.55.